The molecule has 12 heteroatoms. The van der Waals surface area contributed by atoms with E-state index < -0.39 is 9.04 Å². The Morgan fingerprint density at radius 1 is 0.746 bits per heavy atom. The van der Waals surface area contributed by atoms with Gasteiger partial charge in [0.2, 0.25) is 5.91 Å². The normalized spacial score (nSPS) is 17.5. The first kappa shape index (κ1) is 45.4. The van der Waals surface area contributed by atoms with Gasteiger partial charge in [-0.15, -0.1) is 0 Å². The summed E-state index contributed by atoms with van der Waals surface area (Å²) in [7, 11) is 5.11. The number of aromatic nitrogens is 3. The van der Waals surface area contributed by atoms with Crippen LogP contribution in [0.2, 0.25) is 0 Å². The highest BCUT2D eigenvalue weighted by atomic mass is 28.3. The van der Waals surface area contributed by atoms with Crippen molar-refractivity contribution in [3.63, 3.8) is 0 Å². The summed E-state index contributed by atoms with van der Waals surface area (Å²) in [6.45, 7) is 9.62. The molecule has 0 aliphatic heterocycles. The van der Waals surface area contributed by atoms with Gasteiger partial charge in [-0.25, -0.2) is 9.97 Å². The van der Waals surface area contributed by atoms with Crippen molar-refractivity contribution in [3.05, 3.63) is 150 Å². The largest absolute Gasteiger partial charge is 0.497 e. The Hall–Kier alpha value is -6.76. The molecule has 3 heterocycles. The van der Waals surface area contributed by atoms with Crippen molar-refractivity contribution in [1.82, 2.24) is 15.0 Å². The minimum atomic E-state index is -1.48. The number of rotatable bonds is 16. The second-order valence-electron chi connectivity index (χ2n) is 18.6. The molecule has 67 heavy (non-hydrogen) atoms. The molecule has 0 bridgehead atoms. The maximum Gasteiger partial charge on any atom is 0.283 e. The Balaban J connectivity index is 0.995. The van der Waals surface area contributed by atoms with Crippen LogP contribution in [0.15, 0.2) is 128 Å². The quantitative estimate of drug-likeness (QED) is 0.0941. The number of anilines is 2. The summed E-state index contributed by atoms with van der Waals surface area (Å²) >= 11 is 0. The summed E-state index contributed by atoms with van der Waals surface area (Å²) in [6.07, 6.45) is 7.28. The van der Waals surface area contributed by atoms with Crippen molar-refractivity contribution >= 4 is 47.7 Å². The molecular weight excluding hydrogens is 855 g/mol. The van der Waals surface area contributed by atoms with Crippen molar-refractivity contribution in [2.75, 3.05) is 38.7 Å². The minimum Gasteiger partial charge on any atom is -0.497 e. The van der Waals surface area contributed by atoms with Gasteiger partial charge in [0.25, 0.3) is 9.04 Å². The van der Waals surface area contributed by atoms with Crippen LogP contribution in [0.4, 0.5) is 11.6 Å². The third-order valence-corrected chi connectivity index (χ3v) is 15.6. The van der Waals surface area contributed by atoms with E-state index in [9.17, 15) is 4.79 Å². The molecule has 2 unspecified atom stereocenters. The molecule has 1 amide bonds. The monoisotopic (exact) mass is 912 g/mol. The number of pyridine rings is 3. The second kappa shape index (κ2) is 19.2. The molecule has 0 saturated heterocycles. The number of amides is 1. The molecule has 1 N–H and O–H groups in total. The average molecular weight is 913 g/mol. The molecule has 7 aromatic rings. The van der Waals surface area contributed by atoms with E-state index >= 15 is 0 Å². The Morgan fingerprint density at radius 3 is 1.96 bits per heavy atom. The fourth-order valence-electron chi connectivity index (χ4n) is 9.56. The van der Waals surface area contributed by atoms with Crippen LogP contribution in [0.1, 0.15) is 55.9 Å². The number of methoxy groups -OCH3 is 4. The van der Waals surface area contributed by atoms with Gasteiger partial charge in [0.1, 0.15) is 34.6 Å². The molecule has 2 saturated carbocycles. The molecule has 343 valence electrons. The fraction of sp³-hybridized carbons (Fsp3) is 0.309. The Kier molecular flexibility index (Phi) is 13.0. The van der Waals surface area contributed by atoms with E-state index in [1.54, 1.807) is 34.6 Å². The number of benzene rings is 4. The first-order chi connectivity index (χ1) is 32.4. The average Bonchev–Trinajstić information content (AvgIpc) is 3.86. The fourth-order valence-corrected chi connectivity index (χ4v) is 11.7. The van der Waals surface area contributed by atoms with Gasteiger partial charge in [-0.1, -0.05) is 75.4 Å². The number of hydrogen-bond acceptors (Lipinski definition) is 10. The summed E-state index contributed by atoms with van der Waals surface area (Å²) in [4.78, 5) is 31.0. The smallest absolute Gasteiger partial charge is 0.283 e. The van der Waals surface area contributed by atoms with Gasteiger partial charge < -0.3 is 33.6 Å². The van der Waals surface area contributed by atoms with Crippen molar-refractivity contribution in [3.8, 4) is 34.3 Å². The van der Waals surface area contributed by atoms with Crippen LogP contribution in [0.25, 0.3) is 22.0 Å². The molecule has 2 fully saturated rings. The van der Waals surface area contributed by atoms with E-state index in [2.05, 4.69) is 104 Å². The maximum atomic E-state index is 14.1. The summed E-state index contributed by atoms with van der Waals surface area (Å²) in [6, 6.07) is 37.2. The molecule has 2 aliphatic rings. The lowest BCUT2D eigenvalue weighted by Gasteiger charge is -2.28. The predicted octanol–water partition coefficient (Wildman–Crippen LogP) is 9.32. The highest BCUT2D eigenvalue weighted by Gasteiger charge is 2.60. The van der Waals surface area contributed by atoms with Gasteiger partial charge in [0, 0.05) is 77.9 Å². The molecule has 4 aromatic carbocycles. The van der Waals surface area contributed by atoms with Gasteiger partial charge >= 0.3 is 0 Å². The van der Waals surface area contributed by atoms with E-state index in [0.717, 1.165) is 51.6 Å². The zero-order valence-electron chi connectivity index (χ0n) is 39.5. The van der Waals surface area contributed by atoms with E-state index in [-0.39, 0.29) is 35.2 Å². The van der Waals surface area contributed by atoms with Crippen LogP contribution < -0.4 is 39.5 Å². The summed E-state index contributed by atoms with van der Waals surface area (Å²) in [5.74, 6) is 4.43. The van der Waals surface area contributed by atoms with Crippen LogP contribution in [0.3, 0.4) is 0 Å². The van der Waals surface area contributed by atoms with Crippen molar-refractivity contribution < 1.29 is 28.2 Å². The number of nitrogens with zero attached hydrogens (tertiary/aromatic N) is 4. The van der Waals surface area contributed by atoms with Crippen LogP contribution in [0.5, 0.6) is 23.0 Å². The SMILES string of the molecule is COc1ccc(CN(Cc2ccc(OC)cc2OC)c2nc(-c3cnccc3C)cc3cc(NC(=O)C4C5CC(O[Si](c6ccccc6)c6ccc(C(C)(C)C)cc6)CC54)ncc23)c(OC)c1. The zero-order chi connectivity index (χ0) is 46.8. The first-order valence-corrected chi connectivity index (χ1v) is 24.2. The minimum absolute atomic E-state index is 0.00379. The van der Waals surface area contributed by atoms with Crippen LogP contribution >= 0.6 is 0 Å². The molecule has 3 aromatic heterocycles. The molecular formula is C55H58N5O6Si. The first-order valence-electron chi connectivity index (χ1n) is 22.8. The highest BCUT2D eigenvalue weighted by Crippen LogP contribution is 2.58. The summed E-state index contributed by atoms with van der Waals surface area (Å²) in [5.41, 5.74) is 5.93. The van der Waals surface area contributed by atoms with Gasteiger partial charge in [-0.05, 0) is 106 Å². The highest BCUT2D eigenvalue weighted by molar-refractivity contribution is 6.80. The maximum absolute atomic E-state index is 14.1. The van der Waals surface area contributed by atoms with Crippen molar-refractivity contribution in [2.45, 2.75) is 65.1 Å². The number of carbonyl (C=O) groups excluding carboxylic acids is 1. The Labute approximate surface area is 395 Å². The standard InChI is InChI=1S/C55H58N5O6Si/c1-34-22-23-56-30-46(34)48-24-37-25-51(59-54(61)52-44-26-41(27-45(44)52)66-67(42-12-10-9-11-13-42)43-20-16-38(17-21-43)55(2,3)4)57-31-47(37)53(58-48)60(32-35-14-18-39(62-5)28-49(35)64-7)33-36-15-19-40(63-6)29-50(36)65-8/h9-25,28-31,41,44-45,52H,26-27,32-33H2,1-8H3,(H,57,59,61). The number of nitrogens with one attached hydrogen (secondary N) is 1. The van der Waals surface area contributed by atoms with Crippen LogP contribution in [-0.2, 0) is 27.7 Å². The molecule has 0 spiro atoms. The molecule has 9 rings (SSSR count). The van der Waals surface area contributed by atoms with Crippen molar-refractivity contribution in [1.29, 1.82) is 0 Å². The lowest BCUT2D eigenvalue weighted by atomic mass is 9.87. The summed E-state index contributed by atoms with van der Waals surface area (Å²) < 4.78 is 29.9. The van der Waals surface area contributed by atoms with E-state index in [0.29, 0.717) is 47.7 Å². The lowest BCUT2D eigenvalue weighted by molar-refractivity contribution is -0.118. The van der Waals surface area contributed by atoms with Gasteiger partial charge in [0.05, 0.1) is 34.1 Å². The Morgan fingerprint density at radius 2 is 1.37 bits per heavy atom. The van der Waals surface area contributed by atoms with Crippen molar-refractivity contribution in [2.24, 2.45) is 17.8 Å². The third kappa shape index (κ3) is 9.73. The molecule has 11 nitrogen and oxygen atoms in total. The lowest BCUT2D eigenvalue weighted by Crippen LogP contribution is -2.47. The van der Waals surface area contributed by atoms with E-state index in [1.807, 2.05) is 60.9 Å². The number of carbonyl (C=O) groups is 1. The van der Waals surface area contributed by atoms with Gasteiger partial charge in [-0.3, -0.25) is 9.78 Å². The molecule has 1 radical (unpaired) electrons. The number of hydrogen-bond donors (Lipinski definition) is 1. The van der Waals surface area contributed by atoms with Crippen LogP contribution in [0, 0.1) is 24.7 Å². The predicted molar refractivity (Wildman–Crippen MR) is 266 cm³/mol. The van der Waals surface area contributed by atoms with E-state index in [4.69, 9.17) is 33.3 Å². The zero-order valence-corrected chi connectivity index (χ0v) is 40.5. The van der Waals surface area contributed by atoms with Crippen LogP contribution in [-0.4, -0.2) is 64.4 Å². The Bertz CT molecular complexity index is 2820. The molecule has 2 atom stereocenters. The third-order valence-electron chi connectivity index (χ3n) is 13.3. The second-order valence-corrected chi connectivity index (χ2v) is 20.6. The number of fused-ring (bicyclic) bond motifs is 2. The van der Waals surface area contributed by atoms with Gasteiger partial charge in [-0.2, -0.15) is 0 Å². The topological polar surface area (TPSA) is 117 Å². The number of aryl methyl sites for hydroxylation is 1. The van der Waals surface area contributed by atoms with Gasteiger partial charge in [0.15, 0.2) is 0 Å². The van der Waals surface area contributed by atoms with E-state index in [1.165, 1.54) is 15.9 Å². The molecule has 2 aliphatic carbocycles. The number of ether oxygens (including phenoxy) is 4. The summed E-state index contributed by atoms with van der Waals surface area (Å²) in [5, 5.41) is 7.38.